The van der Waals surface area contributed by atoms with Crippen LogP contribution in [-0.4, -0.2) is 35.1 Å². The fourth-order valence-corrected chi connectivity index (χ4v) is 5.14. The van der Waals surface area contributed by atoms with Crippen LogP contribution in [0.5, 0.6) is 23.0 Å². The van der Waals surface area contributed by atoms with Crippen LogP contribution >= 0.6 is 0 Å². The van der Waals surface area contributed by atoms with Gasteiger partial charge < -0.3 is 19.5 Å². The molecule has 160 valence electrons. The molecule has 0 fully saturated rings. The van der Waals surface area contributed by atoms with Gasteiger partial charge in [-0.05, 0) is 48.4 Å². The third kappa shape index (κ3) is 3.94. The smallest absolute Gasteiger partial charge is 0.252 e. The molecular formula is C23H21NO6S. The highest BCUT2D eigenvalue weighted by Crippen LogP contribution is 2.43. The van der Waals surface area contributed by atoms with Gasteiger partial charge in [0.25, 0.3) is 5.91 Å². The Kier molecular flexibility index (Phi) is 5.56. The Morgan fingerprint density at radius 2 is 1.61 bits per heavy atom. The molecule has 0 aromatic heterocycles. The van der Waals surface area contributed by atoms with E-state index < -0.39 is 15.7 Å². The third-order valence-electron chi connectivity index (χ3n) is 4.96. The van der Waals surface area contributed by atoms with Crippen molar-refractivity contribution in [3.8, 4) is 23.0 Å². The lowest BCUT2D eigenvalue weighted by molar-refractivity contribution is 0.0950. The maximum absolute atomic E-state index is 13.2. The SMILES string of the molecule is COc1cc(CCNC(=O)c2cccc3c2S(=O)(=O)c2ccccc2O3)cc(OC)c1. The van der Waals surface area contributed by atoms with Crippen molar-refractivity contribution in [2.45, 2.75) is 16.2 Å². The fourth-order valence-electron chi connectivity index (χ4n) is 3.46. The number of carbonyl (C=O) groups is 1. The Balaban J connectivity index is 1.55. The molecule has 3 aromatic rings. The van der Waals surface area contributed by atoms with Gasteiger partial charge in [-0.3, -0.25) is 4.79 Å². The van der Waals surface area contributed by atoms with E-state index in [1.807, 2.05) is 12.1 Å². The van der Waals surface area contributed by atoms with Crippen molar-refractivity contribution in [1.29, 1.82) is 0 Å². The number of fused-ring (bicyclic) bond motifs is 2. The Morgan fingerprint density at radius 1 is 0.935 bits per heavy atom. The summed E-state index contributed by atoms with van der Waals surface area (Å²) >= 11 is 0. The number of methoxy groups -OCH3 is 2. The topological polar surface area (TPSA) is 90.9 Å². The molecule has 1 amide bonds. The van der Waals surface area contributed by atoms with E-state index in [0.717, 1.165) is 5.56 Å². The highest BCUT2D eigenvalue weighted by molar-refractivity contribution is 7.91. The molecule has 0 spiro atoms. The van der Waals surface area contributed by atoms with E-state index >= 15 is 0 Å². The first-order valence-corrected chi connectivity index (χ1v) is 11.1. The van der Waals surface area contributed by atoms with Crippen LogP contribution in [0, 0.1) is 0 Å². The average molecular weight is 439 g/mol. The number of hydrogen-bond donors (Lipinski definition) is 1. The molecular weight excluding hydrogens is 418 g/mol. The monoisotopic (exact) mass is 439 g/mol. The molecule has 0 unspecified atom stereocenters. The summed E-state index contributed by atoms with van der Waals surface area (Å²) < 4.78 is 42.6. The minimum absolute atomic E-state index is 0.0474. The van der Waals surface area contributed by atoms with Crippen LogP contribution in [-0.2, 0) is 16.3 Å². The van der Waals surface area contributed by atoms with Crippen LogP contribution in [0.4, 0.5) is 0 Å². The second-order valence-corrected chi connectivity index (χ2v) is 8.77. The number of amides is 1. The first-order chi connectivity index (χ1) is 14.9. The molecule has 1 aliphatic heterocycles. The number of para-hydroxylation sites is 1. The van der Waals surface area contributed by atoms with Crippen LogP contribution in [0.2, 0.25) is 0 Å². The summed E-state index contributed by atoms with van der Waals surface area (Å²) in [6.45, 7) is 0.302. The Hall–Kier alpha value is -3.52. The number of carbonyl (C=O) groups excluding carboxylic acids is 1. The van der Waals surface area contributed by atoms with Crippen LogP contribution in [0.15, 0.2) is 70.5 Å². The van der Waals surface area contributed by atoms with Crippen LogP contribution in [0.25, 0.3) is 0 Å². The molecule has 0 aliphatic carbocycles. The number of rotatable bonds is 6. The van der Waals surface area contributed by atoms with Crippen molar-refractivity contribution >= 4 is 15.7 Å². The fraction of sp³-hybridized carbons (Fsp3) is 0.174. The van der Waals surface area contributed by atoms with E-state index in [-0.39, 0.29) is 26.9 Å². The number of nitrogens with one attached hydrogen (secondary N) is 1. The summed E-state index contributed by atoms with van der Waals surface area (Å²) in [6.07, 6.45) is 0.514. The lowest BCUT2D eigenvalue weighted by Gasteiger charge is -2.22. The molecule has 7 nitrogen and oxygen atoms in total. The van der Waals surface area contributed by atoms with Crippen molar-refractivity contribution in [2.24, 2.45) is 0 Å². The lowest BCUT2D eigenvalue weighted by atomic mass is 10.1. The highest BCUT2D eigenvalue weighted by Gasteiger charge is 2.35. The second kappa shape index (κ2) is 8.31. The first-order valence-electron chi connectivity index (χ1n) is 9.59. The van der Waals surface area contributed by atoms with Gasteiger partial charge in [0.15, 0.2) is 0 Å². The van der Waals surface area contributed by atoms with Gasteiger partial charge in [-0.15, -0.1) is 0 Å². The standard InChI is InChI=1S/C23H21NO6S/c1-28-16-12-15(13-17(14-16)29-2)10-11-24-23(25)18-6-5-8-20-22(18)31(26,27)21-9-4-3-7-19(21)30-20/h3-9,12-14H,10-11H2,1-2H3,(H,24,25). The molecule has 31 heavy (non-hydrogen) atoms. The minimum atomic E-state index is -3.89. The quantitative estimate of drug-likeness (QED) is 0.494. The van der Waals surface area contributed by atoms with Gasteiger partial charge in [0, 0.05) is 12.6 Å². The van der Waals surface area contributed by atoms with E-state index in [1.165, 1.54) is 12.1 Å². The molecule has 0 saturated carbocycles. The first kappa shape index (κ1) is 20.7. The molecule has 8 heteroatoms. The Morgan fingerprint density at radius 3 is 2.32 bits per heavy atom. The highest BCUT2D eigenvalue weighted by atomic mass is 32.2. The van der Waals surface area contributed by atoms with Gasteiger partial charge in [-0.2, -0.15) is 0 Å². The van der Waals surface area contributed by atoms with Crippen molar-refractivity contribution in [3.63, 3.8) is 0 Å². The van der Waals surface area contributed by atoms with Crippen LogP contribution in [0.3, 0.4) is 0 Å². The molecule has 1 heterocycles. The predicted octanol–water partition coefficient (Wildman–Crippen LogP) is 3.61. The van der Waals surface area contributed by atoms with Crippen molar-refractivity contribution < 1.29 is 27.4 Å². The molecule has 3 aromatic carbocycles. The molecule has 0 bridgehead atoms. The summed E-state index contributed by atoms with van der Waals surface area (Å²) in [5.41, 5.74) is 0.965. The number of hydrogen-bond acceptors (Lipinski definition) is 6. The van der Waals surface area contributed by atoms with Crippen molar-refractivity contribution in [2.75, 3.05) is 20.8 Å². The molecule has 0 saturated heterocycles. The van der Waals surface area contributed by atoms with Gasteiger partial charge in [0.2, 0.25) is 9.84 Å². The largest absolute Gasteiger partial charge is 0.497 e. The predicted molar refractivity (Wildman–Crippen MR) is 114 cm³/mol. The summed E-state index contributed by atoms with van der Waals surface area (Å²) in [7, 11) is -0.753. The van der Waals surface area contributed by atoms with E-state index in [0.29, 0.717) is 24.5 Å². The molecule has 1 aliphatic rings. The minimum Gasteiger partial charge on any atom is -0.497 e. The zero-order valence-corrected chi connectivity index (χ0v) is 17.9. The average Bonchev–Trinajstić information content (AvgIpc) is 2.78. The van der Waals surface area contributed by atoms with E-state index in [1.54, 1.807) is 50.6 Å². The summed E-state index contributed by atoms with van der Waals surface area (Å²) in [6, 6.07) is 16.5. The van der Waals surface area contributed by atoms with E-state index in [4.69, 9.17) is 14.2 Å². The van der Waals surface area contributed by atoms with Crippen LogP contribution in [0.1, 0.15) is 15.9 Å². The zero-order chi connectivity index (χ0) is 22.0. The maximum Gasteiger partial charge on any atom is 0.252 e. The Labute approximate surface area is 180 Å². The molecule has 4 rings (SSSR count). The lowest BCUT2D eigenvalue weighted by Crippen LogP contribution is -2.28. The molecule has 1 N–H and O–H groups in total. The summed E-state index contributed by atoms with van der Waals surface area (Å²) in [4.78, 5) is 12.8. The molecule has 0 atom stereocenters. The van der Waals surface area contributed by atoms with Crippen molar-refractivity contribution in [1.82, 2.24) is 5.32 Å². The van der Waals surface area contributed by atoms with Crippen molar-refractivity contribution in [3.05, 3.63) is 71.8 Å². The number of benzene rings is 3. The Bertz CT molecular complexity index is 1230. The second-order valence-electron chi connectivity index (χ2n) is 6.91. The van der Waals surface area contributed by atoms with E-state index in [9.17, 15) is 13.2 Å². The van der Waals surface area contributed by atoms with Gasteiger partial charge >= 0.3 is 0 Å². The van der Waals surface area contributed by atoms with Crippen LogP contribution < -0.4 is 19.5 Å². The maximum atomic E-state index is 13.2. The third-order valence-corrected chi connectivity index (χ3v) is 6.84. The normalized spacial score (nSPS) is 13.4. The molecule has 0 radical (unpaired) electrons. The van der Waals surface area contributed by atoms with E-state index in [2.05, 4.69) is 5.32 Å². The van der Waals surface area contributed by atoms with Gasteiger partial charge in [0.1, 0.15) is 32.8 Å². The van der Waals surface area contributed by atoms with Gasteiger partial charge in [-0.25, -0.2) is 8.42 Å². The van der Waals surface area contributed by atoms with Gasteiger partial charge in [-0.1, -0.05) is 18.2 Å². The van der Waals surface area contributed by atoms with Gasteiger partial charge in [0.05, 0.1) is 19.8 Å². The summed E-state index contributed by atoms with van der Waals surface area (Å²) in [5.74, 6) is 1.21. The number of ether oxygens (including phenoxy) is 3. The summed E-state index contributed by atoms with van der Waals surface area (Å²) in [5, 5.41) is 2.79. The zero-order valence-electron chi connectivity index (χ0n) is 17.0. The number of sulfone groups is 1.